The van der Waals surface area contributed by atoms with Gasteiger partial charge in [0.1, 0.15) is 0 Å². The minimum absolute atomic E-state index is 0.856. The summed E-state index contributed by atoms with van der Waals surface area (Å²) in [6.07, 6.45) is 2.29. The third-order valence-corrected chi connectivity index (χ3v) is 4.12. The second-order valence-electron chi connectivity index (χ2n) is 5.77. The topological polar surface area (TPSA) is 29.9 Å². The zero-order valence-electron chi connectivity index (χ0n) is 13.7. The van der Waals surface area contributed by atoms with Crippen LogP contribution in [0.25, 0.3) is 0 Å². The molecule has 0 saturated heterocycles. The fourth-order valence-electron chi connectivity index (χ4n) is 2.46. The second kappa shape index (κ2) is 7.41. The van der Waals surface area contributed by atoms with Gasteiger partial charge in [-0.2, -0.15) is 5.10 Å². The van der Waals surface area contributed by atoms with Crippen molar-refractivity contribution in [3.8, 4) is 0 Å². The average molecular weight is 285 g/mol. The van der Waals surface area contributed by atoms with E-state index in [0.29, 0.717) is 0 Å². The minimum Gasteiger partial charge on any atom is -0.316 e. The predicted octanol–water partition coefficient (Wildman–Crippen LogP) is 3.40. The molecule has 0 bridgehead atoms. The Hall–Kier alpha value is -1.61. The number of aryl methyl sites for hydroxylation is 1. The van der Waals surface area contributed by atoms with Gasteiger partial charge in [-0.1, -0.05) is 31.2 Å². The van der Waals surface area contributed by atoms with Crippen LogP contribution in [0.15, 0.2) is 24.3 Å². The molecule has 0 aliphatic carbocycles. The van der Waals surface area contributed by atoms with Crippen LogP contribution in [0, 0.1) is 20.8 Å². The molecule has 0 aliphatic heterocycles. The van der Waals surface area contributed by atoms with E-state index < -0.39 is 0 Å². The van der Waals surface area contributed by atoms with E-state index in [9.17, 15) is 0 Å². The van der Waals surface area contributed by atoms with Crippen LogP contribution < -0.4 is 5.32 Å². The Morgan fingerprint density at radius 3 is 2.24 bits per heavy atom. The monoisotopic (exact) mass is 285 g/mol. The Morgan fingerprint density at radius 1 is 1.00 bits per heavy atom. The van der Waals surface area contributed by atoms with Crippen LogP contribution >= 0.6 is 0 Å². The zero-order chi connectivity index (χ0) is 15.2. The first-order chi connectivity index (χ1) is 10.1. The first kappa shape index (κ1) is 15.8. The van der Waals surface area contributed by atoms with Crippen LogP contribution in [0.5, 0.6) is 0 Å². The van der Waals surface area contributed by atoms with E-state index in [1.54, 1.807) is 0 Å². The van der Waals surface area contributed by atoms with E-state index in [-0.39, 0.29) is 0 Å². The third kappa shape index (κ3) is 4.18. The third-order valence-electron chi connectivity index (χ3n) is 4.12. The number of rotatable bonds is 7. The van der Waals surface area contributed by atoms with E-state index in [4.69, 9.17) is 0 Å². The van der Waals surface area contributed by atoms with Gasteiger partial charge >= 0.3 is 0 Å². The minimum atomic E-state index is 0.856. The summed E-state index contributed by atoms with van der Waals surface area (Å²) in [4.78, 5) is 0. The Bertz CT molecular complexity index is 567. The van der Waals surface area contributed by atoms with Crippen LogP contribution in [-0.4, -0.2) is 22.9 Å². The van der Waals surface area contributed by atoms with Crippen LogP contribution in [-0.2, 0) is 13.0 Å². The highest BCUT2D eigenvalue weighted by Gasteiger charge is 2.07. The van der Waals surface area contributed by atoms with Crippen LogP contribution in [0.3, 0.4) is 0 Å². The number of benzene rings is 1. The maximum absolute atomic E-state index is 4.60. The van der Waals surface area contributed by atoms with Gasteiger partial charge in [-0.15, -0.1) is 0 Å². The summed E-state index contributed by atoms with van der Waals surface area (Å²) < 4.78 is 2.10. The van der Waals surface area contributed by atoms with Crippen molar-refractivity contribution in [2.45, 2.75) is 47.1 Å². The van der Waals surface area contributed by atoms with Crippen molar-refractivity contribution in [2.24, 2.45) is 0 Å². The molecule has 0 spiro atoms. The average Bonchev–Trinajstić information content (AvgIpc) is 2.73. The first-order valence-electron chi connectivity index (χ1n) is 7.91. The highest BCUT2D eigenvalue weighted by Crippen LogP contribution is 2.13. The van der Waals surface area contributed by atoms with Gasteiger partial charge in [0.25, 0.3) is 0 Å². The molecule has 0 aliphatic rings. The molecular weight excluding hydrogens is 258 g/mol. The second-order valence-corrected chi connectivity index (χ2v) is 5.77. The smallest absolute Gasteiger partial charge is 0.0662 e. The van der Waals surface area contributed by atoms with Gasteiger partial charge in [-0.3, -0.25) is 4.68 Å². The van der Waals surface area contributed by atoms with Gasteiger partial charge in [0.2, 0.25) is 0 Å². The van der Waals surface area contributed by atoms with Crippen LogP contribution in [0.2, 0.25) is 0 Å². The Balaban J connectivity index is 1.94. The number of nitrogens with one attached hydrogen (secondary N) is 1. The molecule has 2 rings (SSSR count). The van der Waals surface area contributed by atoms with Gasteiger partial charge in [-0.05, 0) is 63.4 Å². The molecule has 2 aromatic rings. The van der Waals surface area contributed by atoms with Crippen molar-refractivity contribution in [3.63, 3.8) is 0 Å². The van der Waals surface area contributed by atoms with Crippen molar-refractivity contribution in [1.82, 2.24) is 15.1 Å². The number of hydrogen-bond donors (Lipinski definition) is 1. The van der Waals surface area contributed by atoms with Crippen molar-refractivity contribution in [3.05, 3.63) is 52.3 Å². The lowest BCUT2D eigenvalue weighted by molar-refractivity contribution is 0.657. The van der Waals surface area contributed by atoms with Gasteiger partial charge in [0.15, 0.2) is 0 Å². The molecule has 1 aromatic heterocycles. The molecule has 21 heavy (non-hydrogen) atoms. The summed E-state index contributed by atoms with van der Waals surface area (Å²) in [6, 6.07) is 8.92. The molecular formula is C18H27N3. The largest absolute Gasteiger partial charge is 0.316 e. The molecule has 0 amide bonds. The SMILES string of the molecule is CCCNCCc1ccc(Cn2nc(C)c(C)c2C)cc1. The number of nitrogens with zero attached hydrogens (tertiary/aromatic N) is 2. The summed E-state index contributed by atoms with van der Waals surface area (Å²) in [5.41, 5.74) is 6.40. The van der Waals surface area contributed by atoms with E-state index in [2.05, 4.69) is 67.1 Å². The van der Waals surface area contributed by atoms with Crippen molar-refractivity contribution < 1.29 is 0 Å². The van der Waals surface area contributed by atoms with Gasteiger partial charge in [0.05, 0.1) is 12.2 Å². The number of hydrogen-bond acceptors (Lipinski definition) is 2. The Kier molecular flexibility index (Phi) is 5.57. The van der Waals surface area contributed by atoms with Crippen molar-refractivity contribution in [2.75, 3.05) is 13.1 Å². The fraction of sp³-hybridized carbons (Fsp3) is 0.500. The van der Waals surface area contributed by atoms with Crippen LogP contribution in [0.4, 0.5) is 0 Å². The highest BCUT2D eigenvalue weighted by atomic mass is 15.3. The molecule has 114 valence electrons. The molecule has 0 saturated carbocycles. The molecule has 1 aromatic carbocycles. The molecule has 0 radical (unpaired) electrons. The molecule has 1 N–H and O–H groups in total. The normalized spacial score (nSPS) is 11.0. The fourth-order valence-corrected chi connectivity index (χ4v) is 2.46. The lowest BCUT2D eigenvalue weighted by atomic mass is 10.1. The van der Waals surface area contributed by atoms with Crippen molar-refractivity contribution >= 4 is 0 Å². The molecule has 3 nitrogen and oxygen atoms in total. The van der Waals surface area contributed by atoms with Gasteiger partial charge in [0, 0.05) is 5.69 Å². The summed E-state index contributed by atoms with van der Waals surface area (Å²) >= 11 is 0. The Morgan fingerprint density at radius 2 is 1.67 bits per heavy atom. The molecule has 0 fully saturated rings. The van der Waals surface area contributed by atoms with E-state index in [0.717, 1.165) is 31.7 Å². The standard InChI is InChI=1S/C18H27N3/c1-5-11-19-12-10-17-6-8-18(9-7-17)13-21-16(4)14(2)15(3)20-21/h6-9,19H,5,10-13H2,1-4H3. The maximum Gasteiger partial charge on any atom is 0.0662 e. The van der Waals surface area contributed by atoms with E-state index >= 15 is 0 Å². The first-order valence-corrected chi connectivity index (χ1v) is 7.91. The predicted molar refractivity (Wildman–Crippen MR) is 88.8 cm³/mol. The lowest BCUT2D eigenvalue weighted by Crippen LogP contribution is -2.17. The molecule has 0 unspecified atom stereocenters. The van der Waals surface area contributed by atoms with Crippen molar-refractivity contribution in [1.29, 1.82) is 0 Å². The summed E-state index contributed by atoms with van der Waals surface area (Å²) in [5, 5.41) is 8.04. The van der Waals surface area contributed by atoms with Crippen LogP contribution in [0.1, 0.15) is 41.4 Å². The molecule has 1 heterocycles. The summed E-state index contributed by atoms with van der Waals surface area (Å²) in [5.74, 6) is 0. The Labute approximate surface area is 128 Å². The van der Waals surface area contributed by atoms with Gasteiger partial charge in [-0.25, -0.2) is 0 Å². The maximum atomic E-state index is 4.60. The van der Waals surface area contributed by atoms with E-state index in [1.807, 2.05) is 0 Å². The quantitative estimate of drug-likeness (QED) is 0.790. The molecule has 3 heteroatoms. The number of aromatic nitrogens is 2. The molecule has 0 atom stereocenters. The highest BCUT2D eigenvalue weighted by molar-refractivity contribution is 5.26. The lowest BCUT2D eigenvalue weighted by Gasteiger charge is -2.07. The summed E-state index contributed by atoms with van der Waals surface area (Å²) in [7, 11) is 0. The summed E-state index contributed by atoms with van der Waals surface area (Å²) in [6.45, 7) is 11.6. The van der Waals surface area contributed by atoms with Gasteiger partial charge < -0.3 is 5.32 Å². The van der Waals surface area contributed by atoms with E-state index in [1.165, 1.54) is 28.8 Å². The zero-order valence-corrected chi connectivity index (χ0v) is 13.7.